The molecule has 0 bridgehead atoms. The number of carbonyl (C=O) groups excluding carboxylic acids is 1. The summed E-state index contributed by atoms with van der Waals surface area (Å²) < 4.78 is 18.6. The van der Waals surface area contributed by atoms with Gasteiger partial charge in [0.2, 0.25) is 0 Å². The van der Waals surface area contributed by atoms with Gasteiger partial charge in [-0.05, 0) is 59.6 Å². The molecule has 0 radical (unpaired) electrons. The number of ether oxygens (including phenoxy) is 3. The second-order valence-electron chi connectivity index (χ2n) is 9.76. The lowest BCUT2D eigenvalue weighted by molar-refractivity contribution is 0.0676. The summed E-state index contributed by atoms with van der Waals surface area (Å²) in [6.45, 7) is 4.57. The van der Waals surface area contributed by atoms with Crippen LogP contribution >= 0.6 is 15.9 Å². The summed E-state index contributed by atoms with van der Waals surface area (Å²) in [5, 5.41) is 0.464. The Bertz CT molecular complexity index is 1590. The molecule has 0 saturated heterocycles. The van der Waals surface area contributed by atoms with E-state index in [1.165, 1.54) is 0 Å². The molecule has 0 aliphatic rings. The monoisotopic (exact) mass is 621 g/mol. The Morgan fingerprint density at radius 2 is 1.71 bits per heavy atom. The predicted octanol–water partition coefficient (Wildman–Crippen LogP) is 6.96. The molecule has 4 rings (SSSR count). The molecule has 1 amide bonds. The van der Waals surface area contributed by atoms with E-state index in [-0.39, 0.29) is 11.5 Å². The third-order valence-electron chi connectivity index (χ3n) is 7.16. The number of carbonyl (C=O) groups is 1. The molecule has 4 aromatic rings. The first kappa shape index (κ1) is 30.1. The van der Waals surface area contributed by atoms with Crippen molar-refractivity contribution >= 4 is 32.7 Å². The lowest BCUT2D eigenvalue weighted by atomic mass is 10.1. The first-order valence-corrected chi connectivity index (χ1v) is 14.5. The highest BCUT2D eigenvalue weighted by Crippen LogP contribution is 2.37. The summed E-state index contributed by atoms with van der Waals surface area (Å²) in [7, 11) is 4.69. The number of benzene rings is 3. The topological polar surface area (TPSA) is 82.9 Å². The minimum Gasteiger partial charge on any atom is -0.497 e. The number of rotatable bonds is 12. The fraction of sp³-hybridized carbons (Fsp3) is 0.344. The molecular weight excluding hydrogens is 586 g/mol. The third-order valence-corrected chi connectivity index (χ3v) is 7.96. The Kier molecular flexibility index (Phi) is 10.0. The minimum absolute atomic E-state index is 0.163. The van der Waals surface area contributed by atoms with E-state index in [4.69, 9.17) is 19.2 Å². The smallest absolute Gasteiger partial charge is 0.266 e. The fourth-order valence-corrected chi connectivity index (χ4v) is 5.46. The summed E-state index contributed by atoms with van der Waals surface area (Å²) in [4.78, 5) is 35.0. The number of hydrogen-bond donors (Lipinski definition) is 0. The maximum Gasteiger partial charge on any atom is 0.266 e. The minimum atomic E-state index is -0.559. The van der Waals surface area contributed by atoms with Crippen LogP contribution in [0.1, 0.15) is 61.8 Å². The molecule has 0 N–H and O–H groups in total. The molecule has 1 heterocycles. The van der Waals surface area contributed by atoms with Gasteiger partial charge in [-0.2, -0.15) is 0 Å². The summed E-state index contributed by atoms with van der Waals surface area (Å²) in [6.07, 6.45) is 3.96. The number of halogens is 1. The van der Waals surface area contributed by atoms with Crippen molar-refractivity contribution < 1.29 is 19.0 Å². The van der Waals surface area contributed by atoms with Gasteiger partial charge in [-0.15, -0.1) is 0 Å². The summed E-state index contributed by atoms with van der Waals surface area (Å²) in [6, 6.07) is 17.3. The molecule has 0 fully saturated rings. The number of fused-ring (bicyclic) bond motifs is 1. The molecule has 1 unspecified atom stereocenters. The van der Waals surface area contributed by atoms with Crippen molar-refractivity contribution in [1.29, 1.82) is 0 Å². The quantitative estimate of drug-likeness (QED) is 0.159. The number of para-hydroxylation sites is 1. The van der Waals surface area contributed by atoms with E-state index in [0.29, 0.717) is 56.2 Å². The maximum atomic E-state index is 14.2. The Balaban J connectivity index is 1.94. The maximum absolute atomic E-state index is 14.2. The third kappa shape index (κ3) is 6.40. The van der Waals surface area contributed by atoms with Crippen LogP contribution in [0.15, 0.2) is 69.9 Å². The largest absolute Gasteiger partial charge is 0.497 e. The molecule has 41 heavy (non-hydrogen) atoms. The van der Waals surface area contributed by atoms with Crippen molar-refractivity contribution in [1.82, 2.24) is 14.5 Å². The fourth-order valence-electron chi connectivity index (χ4n) is 4.89. The number of methoxy groups -OCH3 is 3. The first-order chi connectivity index (χ1) is 19.8. The molecule has 0 saturated carbocycles. The molecule has 1 aromatic heterocycles. The van der Waals surface area contributed by atoms with Crippen LogP contribution in [0.25, 0.3) is 16.6 Å². The van der Waals surface area contributed by atoms with E-state index in [1.807, 2.05) is 31.2 Å². The lowest BCUT2D eigenvalue weighted by Gasteiger charge is -2.31. The van der Waals surface area contributed by atoms with E-state index in [1.54, 1.807) is 67.2 Å². The molecule has 0 aliphatic heterocycles. The second kappa shape index (κ2) is 13.7. The molecule has 0 spiro atoms. The van der Waals surface area contributed by atoms with Crippen LogP contribution in [0.5, 0.6) is 17.2 Å². The van der Waals surface area contributed by atoms with Gasteiger partial charge in [-0.25, -0.2) is 4.98 Å². The van der Waals surface area contributed by atoms with E-state index < -0.39 is 6.04 Å². The highest BCUT2D eigenvalue weighted by Gasteiger charge is 2.29. The predicted molar refractivity (Wildman–Crippen MR) is 165 cm³/mol. The molecule has 8 nitrogen and oxygen atoms in total. The van der Waals surface area contributed by atoms with Crippen molar-refractivity contribution in [3.63, 3.8) is 0 Å². The molecular formula is C32H36BrN3O5. The van der Waals surface area contributed by atoms with Crippen molar-refractivity contribution in [2.45, 2.75) is 45.6 Å². The van der Waals surface area contributed by atoms with Crippen molar-refractivity contribution in [2.75, 3.05) is 27.9 Å². The van der Waals surface area contributed by atoms with Gasteiger partial charge < -0.3 is 19.1 Å². The zero-order valence-electron chi connectivity index (χ0n) is 24.1. The van der Waals surface area contributed by atoms with Crippen molar-refractivity contribution in [3.8, 4) is 22.9 Å². The highest BCUT2D eigenvalue weighted by atomic mass is 79.9. The normalized spacial score (nSPS) is 11.8. The Hall–Kier alpha value is -3.85. The summed E-state index contributed by atoms with van der Waals surface area (Å²) >= 11 is 3.64. The zero-order valence-corrected chi connectivity index (χ0v) is 25.7. The number of aromatic nitrogens is 2. The number of amides is 1. The van der Waals surface area contributed by atoms with Crippen LogP contribution in [-0.4, -0.2) is 48.2 Å². The molecule has 0 aliphatic carbocycles. The average molecular weight is 623 g/mol. The second-order valence-corrected chi connectivity index (χ2v) is 10.6. The number of hydrogen-bond acceptors (Lipinski definition) is 6. The van der Waals surface area contributed by atoms with Gasteiger partial charge in [-0.1, -0.05) is 44.4 Å². The van der Waals surface area contributed by atoms with E-state index in [9.17, 15) is 9.59 Å². The van der Waals surface area contributed by atoms with Gasteiger partial charge in [-0.3, -0.25) is 14.2 Å². The van der Waals surface area contributed by atoms with Crippen LogP contribution in [0, 0.1) is 0 Å². The van der Waals surface area contributed by atoms with Gasteiger partial charge in [0.15, 0.2) is 0 Å². The van der Waals surface area contributed by atoms with Gasteiger partial charge in [0.05, 0.1) is 48.4 Å². The molecule has 216 valence electrons. The molecule has 9 heteroatoms. The van der Waals surface area contributed by atoms with E-state index >= 15 is 0 Å². The highest BCUT2D eigenvalue weighted by molar-refractivity contribution is 9.10. The number of unbranched alkanes of at least 4 members (excludes halogenated alkanes) is 3. The van der Waals surface area contributed by atoms with Crippen LogP contribution in [-0.2, 0) is 0 Å². The standard InChI is InChI=1S/C32H36BrN3O5/c1-6-7-8-11-17-35(31(37)22-13-12-14-23(18-22)39-3)21(2)30-34-26-16-10-9-15-25(26)32(38)36(30)27-19-24(40-4)20-28(41-5)29(27)33/h9-10,12-16,18-21H,6-8,11,17H2,1-5H3. The zero-order chi connectivity index (χ0) is 29.5. The van der Waals surface area contributed by atoms with Crippen LogP contribution in [0.3, 0.4) is 0 Å². The van der Waals surface area contributed by atoms with Gasteiger partial charge in [0.25, 0.3) is 11.5 Å². The number of nitrogens with zero attached hydrogens (tertiary/aromatic N) is 3. The SMILES string of the molecule is CCCCCCN(C(=O)c1cccc(OC)c1)C(C)c1nc2ccccc2c(=O)n1-c1cc(OC)cc(OC)c1Br. The van der Waals surface area contributed by atoms with Crippen LogP contribution < -0.4 is 19.8 Å². The van der Waals surface area contributed by atoms with Crippen molar-refractivity contribution in [3.05, 3.63) is 86.9 Å². The Morgan fingerprint density at radius 1 is 0.951 bits per heavy atom. The van der Waals surface area contributed by atoms with Crippen LogP contribution in [0.4, 0.5) is 0 Å². The Morgan fingerprint density at radius 3 is 2.41 bits per heavy atom. The van der Waals surface area contributed by atoms with E-state index in [0.717, 1.165) is 25.7 Å². The molecule has 3 aromatic carbocycles. The Labute approximate surface area is 249 Å². The van der Waals surface area contributed by atoms with Gasteiger partial charge in [0.1, 0.15) is 23.1 Å². The first-order valence-electron chi connectivity index (χ1n) is 13.7. The van der Waals surface area contributed by atoms with Gasteiger partial charge in [0, 0.05) is 24.2 Å². The van der Waals surface area contributed by atoms with Crippen LogP contribution in [0.2, 0.25) is 0 Å². The lowest BCUT2D eigenvalue weighted by Crippen LogP contribution is -2.38. The van der Waals surface area contributed by atoms with Gasteiger partial charge >= 0.3 is 0 Å². The molecule has 1 atom stereocenters. The average Bonchev–Trinajstić information content (AvgIpc) is 3.01. The van der Waals surface area contributed by atoms with E-state index in [2.05, 4.69) is 22.9 Å². The summed E-state index contributed by atoms with van der Waals surface area (Å²) in [5.41, 5.74) is 1.31. The van der Waals surface area contributed by atoms with Crippen molar-refractivity contribution in [2.24, 2.45) is 0 Å². The summed E-state index contributed by atoms with van der Waals surface area (Å²) in [5.74, 6) is 1.88.